The average molecular weight is 381 g/mol. The van der Waals surface area contributed by atoms with Gasteiger partial charge in [0.2, 0.25) is 0 Å². The minimum absolute atomic E-state index is 0.170. The molecular formula is C21H24N4OS. The Hall–Kier alpha value is -2.47. The second-order valence-corrected chi connectivity index (χ2v) is 8.20. The van der Waals surface area contributed by atoms with Gasteiger partial charge in [0.25, 0.3) is 0 Å². The summed E-state index contributed by atoms with van der Waals surface area (Å²) in [6.45, 7) is 6.04. The largest absolute Gasteiger partial charge is 0.491 e. The molecule has 1 aliphatic rings. The van der Waals surface area contributed by atoms with Crippen LogP contribution in [0.25, 0.3) is 10.2 Å². The molecule has 140 valence electrons. The van der Waals surface area contributed by atoms with Crippen molar-refractivity contribution in [2.45, 2.75) is 52.6 Å². The van der Waals surface area contributed by atoms with E-state index in [-0.39, 0.29) is 6.10 Å². The van der Waals surface area contributed by atoms with Crippen molar-refractivity contribution in [1.82, 2.24) is 9.97 Å². The molecule has 2 heterocycles. The summed E-state index contributed by atoms with van der Waals surface area (Å²) in [7, 11) is 0. The molecule has 0 atom stereocenters. The third-order valence-corrected chi connectivity index (χ3v) is 5.92. The van der Waals surface area contributed by atoms with E-state index in [1.165, 1.54) is 23.3 Å². The van der Waals surface area contributed by atoms with Crippen LogP contribution in [0.15, 0.2) is 35.7 Å². The number of hydrogen-bond acceptors (Lipinski definition) is 6. The van der Waals surface area contributed by atoms with Crippen molar-refractivity contribution in [2.75, 3.05) is 5.43 Å². The average Bonchev–Trinajstić information content (AvgIpc) is 3.05. The molecular weight excluding hydrogens is 356 g/mol. The van der Waals surface area contributed by atoms with E-state index in [0.717, 1.165) is 45.9 Å². The van der Waals surface area contributed by atoms with Gasteiger partial charge < -0.3 is 4.74 Å². The Morgan fingerprint density at radius 3 is 2.70 bits per heavy atom. The molecule has 0 bridgehead atoms. The summed E-state index contributed by atoms with van der Waals surface area (Å²) in [4.78, 5) is 11.4. The Morgan fingerprint density at radius 1 is 1.15 bits per heavy atom. The first-order valence-electron chi connectivity index (χ1n) is 9.44. The van der Waals surface area contributed by atoms with E-state index in [0.29, 0.717) is 0 Å². The number of nitrogens with one attached hydrogen (secondary N) is 1. The van der Waals surface area contributed by atoms with Crippen LogP contribution in [0.2, 0.25) is 0 Å². The number of thiophene rings is 1. The van der Waals surface area contributed by atoms with Crippen LogP contribution in [0.4, 0.5) is 5.82 Å². The number of aromatic nitrogens is 2. The number of rotatable bonds is 5. The Kier molecular flexibility index (Phi) is 5.07. The molecule has 0 saturated carbocycles. The highest BCUT2D eigenvalue weighted by Crippen LogP contribution is 2.38. The number of hydrazone groups is 1. The SMILES string of the molecule is CC(=NNc1ncnc2sc3c(c12)CCCC3)c1ccc(OC(C)C)cc1. The van der Waals surface area contributed by atoms with Crippen LogP contribution in [-0.2, 0) is 12.8 Å². The normalized spacial score (nSPS) is 14.4. The van der Waals surface area contributed by atoms with Gasteiger partial charge in [0.1, 0.15) is 16.9 Å². The lowest BCUT2D eigenvalue weighted by Gasteiger charge is -2.12. The molecule has 0 saturated heterocycles. The summed E-state index contributed by atoms with van der Waals surface area (Å²) < 4.78 is 5.70. The van der Waals surface area contributed by atoms with Crippen LogP contribution in [0.5, 0.6) is 5.75 Å². The summed E-state index contributed by atoms with van der Waals surface area (Å²) in [5, 5.41) is 5.72. The van der Waals surface area contributed by atoms with Crippen molar-refractivity contribution in [1.29, 1.82) is 0 Å². The van der Waals surface area contributed by atoms with Gasteiger partial charge in [0, 0.05) is 4.88 Å². The Balaban J connectivity index is 1.58. The molecule has 1 N–H and O–H groups in total. The van der Waals surface area contributed by atoms with Gasteiger partial charge in [-0.15, -0.1) is 11.3 Å². The van der Waals surface area contributed by atoms with Crippen molar-refractivity contribution in [3.05, 3.63) is 46.6 Å². The summed E-state index contributed by atoms with van der Waals surface area (Å²) in [6.07, 6.45) is 6.56. The van der Waals surface area contributed by atoms with E-state index in [2.05, 4.69) is 20.5 Å². The predicted octanol–water partition coefficient (Wildman–Crippen LogP) is 5.19. The van der Waals surface area contributed by atoms with Gasteiger partial charge in [0.15, 0.2) is 5.82 Å². The van der Waals surface area contributed by atoms with Gasteiger partial charge in [-0.05, 0) is 81.8 Å². The van der Waals surface area contributed by atoms with Gasteiger partial charge >= 0.3 is 0 Å². The second-order valence-electron chi connectivity index (χ2n) is 7.11. The number of nitrogens with zero attached hydrogens (tertiary/aromatic N) is 3. The van der Waals surface area contributed by atoms with Crippen LogP contribution in [0, 0.1) is 0 Å². The van der Waals surface area contributed by atoms with Crippen LogP contribution in [0.3, 0.4) is 0 Å². The number of fused-ring (bicyclic) bond motifs is 3. The first-order chi connectivity index (χ1) is 13.1. The van der Waals surface area contributed by atoms with Gasteiger partial charge in [-0.1, -0.05) is 0 Å². The monoisotopic (exact) mass is 380 g/mol. The minimum atomic E-state index is 0.170. The molecule has 0 spiro atoms. The Bertz CT molecular complexity index is 976. The number of benzene rings is 1. The summed E-state index contributed by atoms with van der Waals surface area (Å²) in [6, 6.07) is 8.01. The summed E-state index contributed by atoms with van der Waals surface area (Å²) in [5.41, 5.74) is 6.55. The van der Waals surface area contributed by atoms with Crippen LogP contribution < -0.4 is 10.2 Å². The number of hydrogen-bond donors (Lipinski definition) is 1. The Labute approximate surface area is 163 Å². The quantitative estimate of drug-likeness (QED) is 0.489. The third kappa shape index (κ3) is 3.81. The molecule has 3 aromatic rings. The molecule has 0 radical (unpaired) electrons. The highest BCUT2D eigenvalue weighted by atomic mass is 32.1. The molecule has 2 aromatic heterocycles. The van der Waals surface area contributed by atoms with Crippen molar-refractivity contribution >= 4 is 33.1 Å². The zero-order valence-electron chi connectivity index (χ0n) is 16.0. The fourth-order valence-electron chi connectivity index (χ4n) is 3.42. The molecule has 0 unspecified atom stereocenters. The molecule has 0 aliphatic heterocycles. The van der Waals surface area contributed by atoms with E-state index in [9.17, 15) is 0 Å². The highest BCUT2D eigenvalue weighted by Gasteiger charge is 2.19. The highest BCUT2D eigenvalue weighted by molar-refractivity contribution is 7.19. The molecule has 1 aliphatic carbocycles. The summed E-state index contributed by atoms with van der Waals surface area (Å²) >= 11 is 1.80. The van der Waals surface area contributed by atoms with Crippen molar-refractivity contribution < 1.29 is 4.74 Å². The van der Waals surface area contributed by atoms with E-state index in [4.69, 9.17) is 4.74 Å². The van der Waals surface area contributed by atoms with Gasteiger partial charge in [-0.3, -0.25) is 5.43 Å². The lowest BCUT2D eigenvalue weighted by atomic mass is 9.97. The smallest absolute Gasteiger partial charge is 0.158 e. The molecule has 4 rings (SSSR count). The van der Waals surface area contributed by atoms with Crippen LogP contribution >= 0.6 is 11.3 Å². The predicted molar refractivity (Wildman–Crippen MR) is 112 cm³/mol. The number of anilines is 1. The lowest BCUT2D eigenvalue weighted by molar-refractivity contribution is 0.242. The summed E-state index contributed by atoms with van der Waals surface area (Å²) in [5.74, 6) is 1.68. The third-order valence-electron chi connectivity index (χ3n) is 4.72. The molecule has 0 amide bonds. The van der Waals surface area contributed by atoms with E-state index in [1.807, 2.05) is 45.0 Å². The number of ether oxygens (including phenoxy) is 1. The van der Waals surface area contributed by atoms with Gasteiger partial charge in [-0.25, -0.2) is 9.97 Å². The molecule has 6 heteroatoms. The fraction of sp³-hybridized carbons (Fsp3) is 0.381. The van der Waals surface area contributed by atoms with Crippen LogP contribution in [0.1, 0.15) is 49.6 Å². The topological polar surface area (TPSA) is 59.4 Å². The molecule has 0 fully saturated rings. The maximum atomic E-state index is 5.70. The lowest BCUT2D eigenvalue weighted by Crippen LogP contribution is -2.06. The second kappa shape index (κ2) is 7.64. The first kappa shape index (κ1) is 17.9. The van der Waals surface area contributed by atoms with E-state index in [1.54, 1.807) is 17.7 Å². The standard InChI is InChI=1S/C21H24N4OS/c1-13(2)26-16-10-8-15(9-11-16)14(3)24-25-20-19-17-6-4-5-7-18(17)27-21(19)23-12-22-20/h8-13H,4-7H2,1-3H3,(H,22,23,25). The zero-order valence-corrected chi connectivity index (χ0v) is 16.8. The zero-order chi connectivity index (χ0) is 18.8. The van der Waals surface area contributed by atoms with E-state index >= 15 is 0 Å². The Morgan fingerprint density at radius 2 is 1.93 bits per heavy atom. The van der Waals surface area contributed by atoms with E-state index < -0.39 is 0 Å². The van der Waals surface area contributed by atoms with Crippen LogP contribution in [-0.4, -0.2) is 21.8 Å². The van der Waals surface area contributed by atoms with Crippen molar-refractivity contribution in [3.63, 3.8) is 0 Å². The fourth-order valence-corrected chi connectivity index (χ4v) is 4.65. The molecule has 1 aromatic carbocycles. The van der Waals surface area contributed by atoms with Crippen molar-refractivity contribution in [2.24, 2.45) is 5.10 Å². The maximum Gasteiger partial charge on any atom is 0.158 e. The maximum absolute atomic E-state index is 5.70. The number of aryl methyl sites for hydroxylation is 2. The van der Waals surface area contributed by atoms with Gasteiger partial charge in [0.05, 0.1) is 17.2 Å². The first-order valence-corrected chi connectivity index (χ1v) is 10.3. The van der Waals surface area contributed by atoms with Crippen molar-refractivity contribution in [3.8, 4) is 5.75 Å². The van der Waals surface area contributed by atoms with Gasteiger partial charge in [-0.2, -0.15) is 5.10 Å². The minimum Gasteiger partial charge on any atom is -0.491 e. The molecule has 27 heavy (non-hydrogen) atoms. The molecule has 5 nitrogen and oxygen atoms in total.